The summed E-state index contributed by atoms with van der Waals surface area (Å²) in [4.78, 5) is 5.77. The Morgan fingerprint density at radius 1 is 1.29 bits per heavy atom. The second-order valence-corrected chi connectivity index (χ2v) is 10.4. The zero-order chi connectivity index (χ0) is 22.1. The number of halogens is 1. The fourth-order valence-electron chi connectivity index (χ4n) is 3.76. The lowest BCUT2D eigenvalue weighted by Gasteiger charge is -2.27. The summed E-state index contributed by atoms with van der Waals surface area (Å²) in [5, 5.41) is 1.54. The number of likely N-dealkylation sites (tertiary alicyclic amines) is 1. The first-order valence-electron chi connectivity index (χ1n) is 9.91. The van der Waals surface area contributed by atoms with Crippen LogP contribution in [0.4, 0.5) is 10.2 Å². The van der Waals surface area contributed by atoms with Crippen LogP contribution in [0.2, 0.25) is 0 Å². The van der Waals surface area contributed by atoms with Gasteiger partial charge in [0.1, 0.15) is 22.1 Å². The Balaban J connectivity index is 1.48. The Hall–Kier alpha value is -2.49. The summed E-state index contributed by atoms with van der Waals surface area (Å²) in [6, 6.07) is 12.7. The van der Waals surface area contributed by atoms with Gasteiger partial charge in [-0.25, -0.2) is 17.8 Å². The predicted octanol–water partition coefficient (Wildman–Crippen LogP) is 4.43. The van der Waals surface area contributed by atoms with Crippen molar-refractivity contribution in [3.63, 3.8) is 0 Å². The number of anilines is 1. The number of ether oxygens (including phenoxy) is 1. The first-order chi connectivity index (χ1) is 14.7. The number of hydrogen-bond acceptors (Lipinski definition) is 6. The smallest absolute Gasteiger partial charge is 0.266 e. The SMILES string of the molecule is Cc1cc(S(=O)(=O)Nc2cscn2)c(F)cc1OC1(C)CCN(Cc2ccccc2)C1. The summed E-state index contributed by atoms with van der Waals surface area (Å²) in [5.41, 5.74) is 2.81. The number of nitrogens with one attached hydrogen (secondary N) is 1. The van der Waals surface area contributed by atoms with E-state index in [9.17, 15) is 12.8 Å². The Morgan fingerprint density at radius 3 is 2.77 bits per heavy atom. The van der Waals surface area contributed by atoms with Crippen molar-refractivity contribution in [1.29, 1.82) is 0 Å². The lowest BCUT2D eigenvalue weighted by atomic mass is 10.1. The number of hydrogen-bond donors (Lipinski definition) is 1. The van der Waals surface area contributed by atoms with E-state index in [0.717, 1.165) is 25.6 Å². The molecular formula is C22H24FN3O3S2. The summed E-state index contributed by atoms with van der Waals surface area (Å²) < 4.78 is 48.4. The second kappa shape index (κ2) is 8.57. The molecule has 1 unspecified atom stereocenters. The number of thiazole rings is 1. The summed E-state index contributed by atoms with van der Waals surface area (Å²) in [6.45, 7) is 6.12. The van der Waals surface area contributed by atoms with Crippen LogP contribution in [-0.2, 0) is 16.6 Å². The monoisotopic (exact) mass is 461 g/mol. The minimum absolute atomic E-state index is 0.166. The highest BCUT2D eigenvalue weighted by Crippen LogP contribution is 2.33. The zero-order valence-electron chi connectivity index (χ0n) is 17.3. The molecule has 1 atom stereocenters. The molecule has 1 aliphatic heterocycles. The minimum atomic E-state index is -4.08. The van der Waals surface area contributed by atoms with E-state index in [4.69, 9.17) is 4.74 Å². The molecule has 9 heteroatoms. The number of sulfonamides is 1. The van der Waals surface area contributed by atoms with Crippen molar-refractivity contribution in [1.82, 2.24) is 9.88 Å². The fraction of sp³-hybridized carbons (Fsp3) is 0.318. The number of aryl methyl sites for hydroxylation is 1. The van der Waals surface area contributed by atoms with Gasteiger partial charge in [-0.3, -0.25) is 9.62 Å². The standard InChI is InChI=1S/C22H24FN3O3S2/c1-16-10-20(31(27,28)25-21-13-30-15-24-21)18(23)11-19(16)29-22(2)8-9-26(14-22)12-17-6-4-3-5-7-17/h3-7,10-11,13,15,25H,8-9,12,14H2,1-2H3. The van der Waals surface area contributed by atoms with E-state index in [0.29, 0.717) is 17.9 Å². The largest absolute Gasteiger partial charge is 0.486 e. The van der Waals surface area contributed by atoms with E-state index in [-0.39, 0.29) is 5.82 Å². The summed E-state index contributed by atoms with van der Waals surface area (Å²) in [6.07, 6.45) is 0.798. The van der Waals surface area contributed by atoms with E-state index in [1.54, 1.807) is 12.3 Å². The minimum Gasteiger partial charge on any atom is -0.486 e. The van der Waals surface area contributed by atoms with E-state index < -0.39 is 26.3 Å². The van der Waals surface area contributed by atoms with Crippen molar-refractivity contribution in [3.05, 3.63) is 70.3 Å². The maximum atomic E-state index is 14.8. The van der Waals surface area contributed by atoms with E-state index in [1.165, 1.54) is 28.5 Å². The van der Waals surface area contributed by atoms with E-state index in [1.807, 2.05) is 25.1 Å². The average molecular weight is 462 g/mol. The predicted molar refractivity (Wildman–Crippen MR) is 119 cm³/mol. The lowest BCUT2D eigenvalue weighted by molar-refractivity contribution is 0.0936. The number of rotatable bonds is 7. The molecule has 0 radical (unpaired) electrons. The van der Waals surface area contributed by atoms with Gasteiger partial charge in [-0.2, -0.15) is 0 Å². The fourth-order valence-corrected chi connectivity index (χ4v) is 5.46. The molecule has 0 saturated carbocycles. The third-order valence-corrected chi connectivity index (χ3v) is 7.27. The molecule has 1 saturated heterocycles. The Bertz CT molecular complexity index is 1150. The van der Waals surface area contributed by atoms with Crippen LogP contribution >= 0.6 is 11.3 Å². The van der Waals surface area contributed by atoms with Crippen molar-refractivity contribution in [3.8, 4) is 5.75 Å². The molecule has 2 aromatic carbocycles. The molecule has 1 fully saturated rings. The van der Waals surface area contributed by atoms with E-state index >= 15 is 0 Å². The van der Waals surface area contributed by atoms with Crippen LogP contribution in [0.3, 0.4) is 0 Å². The van der Waals surface area contributed by atoms with Crippen LogP contribution in [0, 0.1) is 12.7 Å². The Labute approximate surface area is 185 Å². The van der Waals surface area contributed by atoms with Gasteiger partial charge in [-0.15, -0.1) is 11.3 Å². The normalized spacial score (nSPS) is 19.5. The topological polar surface area (TPSA) is 71.5 Å². The van der Waals surface area contributed by atoms with Gasteiger partial charge in [-0.05, 0) is 31.0 Å². The highest BCUT2D eigenvalue weighted by Gasteiger charge is 2.36. The van der Waals surface area contributed by atoms with Crippen LogP contribution in [0.5, 0.6) is 5.75 Å². The van der Waals surface area contributed by atoms with Crippen molar-refractivity contribution in [2.75, 3.05) is 17.8 Å². The third-order valence-electron chi connectivity index (χ3n) is 5.31. The second-order valence-electron chi connectivity index (χ2n) is 8.03. The number of nitrogens with zero attached hydrogens (tertiary/aromatic N) is 2. The molecule has 31 heavy (non-hydrogen) atoms. The van der Waals surface area contributed by atoms with Crippen LogP contribution in [0.25, 0.3) is 0 Å². The summed E-state index contributed by atoms with van der Waals surface area (Å²) in [7, 11) is -4.08. The molecule has 0 amide bonds. The van der Waals surface area contributed by atoms with Crippen molar-refractivity contribution < 1.29 is 17.5 Å². The van der Waals surface area contributed by atoms with E-state index in [2.05, 4.69) is 26.7 Å². The highest BCUT2D eigenvalue weighted by atomic mass is 32.2. The van der Waals surface area contributed by atoms with Crippen LogP contribution in [0.1, 0.15) is 24.5 Å². The van der Waals surface area contributed by atoms with Crippen LogP contribution < -0.4 is 9.46 Å². The van der Waals surface area contributed by atoms with Gasteiger partial charge in [0.2, 0.25) is 0 Å². The molecule has 0 aliphatic carbocycles. The third kappa shape index (κ3) is 5.06. The average Bonchev–Trinajstić information content (AvgIpc) is 3.34. The van der Waals surface area contributed by atoms with Gasteiger partial charge in [0, 0.05) is 37.5 Å². The summed E-state index contributed by atoms with van der Waals surface area (Å²) in [5.74, 6) is -0.334. The summed E-state index contributed by atoms with van der Waals surface area (Å²) >= 11 is 1.25. The molecule has 1 aromatic heterocycles. The van der Waals surface area contributed by atoms with Gasteiger partial charge >= 0.3 is 0 Å². The van der Waals surface area contributed by atoms with Gasteiger partial charge in [0.15, 0.2) is 5.82 Å². The van der Waals surface area contributed by atoms with Gasteiger partial charge in [0.05, 0.1) is 5.51 Å². The van der Waals surface area contributed by atoms with Crippen molar-refractivity contribution in [2.24, 2.45) is 0 Å². The van der Waals surface area contributed by atoms with Gasteiger partial charge in [-0.1, -0.05) is 30.3 Å². The molecule has 0 bridgehead atoms. The van der Waals surface area contributed by atoms with Crippen molar-refractivity contribution >= 4 is 27.2 Å². The molecule has 164 valence electrons. The first-order valence-corrected chi connectivity index (χ1v) is 12.3. The quantitative estimate of drug-likeness (QED) is 0.563. The molecule has 3 aromatic rings. The lowest BCUT2D eigenvalue weighted by Crippen LogP contribution is -2.36. The molecule has 1 aliphatic rings. The zero-order valence-corrected chi connectivity index (χ0v) is 19.0. The molecule has 1 N–H and O–H groups in total. The first kappa shape index (κ1) is 21.7. The number of benzene rings is 2. The molecule has 4 rings (SSSR count). The molecule has 2 heterocycles. The molecular weight excluding hydrogens is 437 g/mol. The molecule has 6 nitrogen and oxygen atoms in total. The Kier molecular flexibility index (Phi) is 6.00. The van der Waals surface area contributed by atoms with Crippen LogP contribution in [0.15, 0.2) is 58.3 Å². The van der Waals surface area contributed by atoms with Crippen LogP contribution in [-0.4, -0.2) is 37.0 Å². The van der Waals surface area contributed by atoms with Gasteiger partial charge < -0.3 is 4.74 Å². The van der Waals surface area contributed by atoms with Gasteiger partial charge in [0.25, 0.3) is 10.0 Å². The van der Waals surface area contributed by atoms with Crippen molar-refractivity contribution in [2.45, 2.75) is 37.3 Å². The maximum Gasteiger partial charge on any atom is 0.266 e. The number of aromatic nitrogens is 1. The Morgan fingerprint density at radius 2 is 2.06 bits per heavy atom. The highest BCUT2D eigenvalue weighted by molar-refractivity contribution is 7.92. The molecule has 0 spiro atoms. The maximum absolute atomic E-state index is 14.8.